The second-order valence-corrected chi connectivity index (χ2v) is 19.7. The Labute approximate surface area is 448 Å². The van der Waals surface area contributed by atoms with E-state index in [1.54, 1.807) is 33.5 Å². The van der Waals surface area contributed by atoms with Gasteiger partial charge in [-0.3, -0.25) is 14.2 Å². The van der Waals surface area contributed by atoms with Gasteiger partial charge in [-0.1, -0.05) is 33.8 Å². The molecular weight excluding hydrogens is 1020 g/mol. The highest BCUT2D eigenvalue weighted by Crippen LogP contribution is 2.49. The van der Waals surface area contributed by atoms with E-state index < -0.39 is 36.3 Å². The normalized spacial score (nSPS) is 18.7. The van der Waals surface area contributed by atoms with Crippen LogP contribution in [-0.2, 0) is 19.1 Å². The van der Waals surface area contributed by atoms with Crippen molar-refractivity contribution in [1.29, 1.82) is 0 Å². The summed E-state index contributed by atoms with van der Waals surface area (Å²) in [5, 5.41) is 9.35. The van der Waals surface area contributed by atoms with Crippen LogP contribution in [0.25, 0.3) is 44.7 Å². The summed E-state index contributed by atoms with van der Waals surface area (Å²) in [4.78, 5) is 76.8. The van der Waals surface area contributed by atoms with Gasteiger partial charge in [-0.25, -0.2) is 28.9 Å². The maximum atomic E-state index is 16.9. The van der Waals surface area contributed by atoms with Crippen LogP contribution in [0.4, 0.5) is 14.0 Å². The number of halogens is 1. The van der Waals surface area contributed by atoms with Crippen LogP contribution >= 0.6 is 65.3 Å². The van der Waals surface area contributed by atoms with Gasteiger partial charge in [-0.2, -0.15) is 54.0 Å². The summed E-state index contributed by atoms with van der Waals surface area (Å²) in [6.07, 6.45) is 6.57. The van der Waals surface area contributed by atoms with Crippen LogP contribution in [0, 0.1) is 17.7 Å². The number of likely N-dealkylation sites (tertiary alicyclic amines) is 2. The summed E-state index contributed by atoms with van der Waals surface area (Å²) in [6, 6.07) is 9.17. The minimum Gasteiger partial charge on any atom is -0.463 e. The maximum Gasteiger partial charge on any atom is 0.407 e. The molecule has 10 rings (SSSR count). The predicted octanol–water partition coefficient (Wildman–Crippen LogP) is 9.04. The van der Waals surface area contributed by atoms with Crippen molar-refractivity contribution >= 4 is 100 Å². The lowest BCUT2D eigenvalue weighted by Crippen LogP contribution is -2.51. The van der Waals surface area contributed by atoms with Crippen LogP contribution < -0.4 is 15.4 Å². The number of imidazole rings is 2. The Morgan fingerprint density at radius 2 is 1.32 bits per heavy atom. The minimum atomic E-state index is -0.773. The van der Waals surface area contributed by atoms with Crippen LogP contribution in [0.15, 0.2) is 54.2 Å². The number of methoxy groups -OCH3 is 2. The SMILES string of the molecule is COC(=O)N[C@H](C(=O)N1CCC[C@H]1c1ncc(-c2cc(F)c3c(c2)OC(c2csc(C4CC4)n2)n2c-3cc3cc(-c4cnc([C@@H]5CCCN5C(=O)[C@@H](NC(=O)OC)C(C)C)[nH]4)ccc32)[nH]1)C(C)C.S.S.S.S. The number of fused-ring (bicyclic) bond motifs is 5. The van der Waals surface area contributed by atoms with E-state index in [1.807, 2.05) is 68.0 Å². The first-order valence-electron chi connectivity index (χ1n) is 23.3. The van der Waals surface area contributed by atoms with Crippen molar-refractivity contribution in [2.45, 2.75) is 103 Å². The third-order valence-corrected chi connectivity index (χ3v) is 14.7. The van der Waals surface area contributed by atoms with E-state index in [0.717, 1.165) is 65.0 Å². The third kappa shape index (κ3) is 10.5. The van der Waals surface area contributed by atoms with Gasteiger partial charge in [0.25, 0.3) is 0 Å². The number of aromatic amines is 2. The molecule has 7 heterocycles. The smallest absolute Gasteiger partial charge is 0.407 e. The molecule has 4 amide bonds. The summed E-state index contributed by atoms with van der Waals surface area (Å²) < 4.78 is 35.3. The quantitative estimate of drug-likeness (QED) is 0.0916. The molecule has 388 valence electrons. The Morgan fingerprint density at radius 1 is 0.764 bits per heavy atom. The van der Waals surface area contributed by atoms with Crippen molar-refractivity contribution in [3.8, 4) is 39.5 Å². The molecule has 4 aromatic heterocycles. The van der Waals surface area contributed by atoms with Gasteiger partial charge in [0.05, 0.1) is 71.9 Å². The van der Waals surface area contributed by atoms with Crippen molar-refractivity contribution in [3.63, 3.8) is 0 Å². The Bertz CT molecular complexity index is 2940. The first-order chi connectivity index (χ1) is 32.8. The monoisotopic (exact) mass is 1080 g/mol. The molecule has 4 aliphatic rings. The molecule has 2 saturated heterocycles. The fraction of sp³-hybridized carbons (Fsp3) is 0.449. The summed E-state index contributed by atoms with van der Waals surface area (Å²) in [5.74, 6) is 0.825. The molecule has 17 nitrogen and oxygen atoms in total. The zero-order valence-corrected chi connectivity index (χ0v) is 45.6. The molecule has 3 aliphatic heterocycles. The van der Waals surface area contributed by atoms with E-state index in [9.17, 15) is 19.2 Å². The number of benzene rings is 2. The zero-order valence-electron chi connectivity index (χ0n) is 40.8. The van der Waals surface area contributed by atoms with Gasteiger partial charge in [0.15, 0.2) is 0 Å². The number of hydrogen-bond acceptors (Lipinski definition) is 11. The number of carbonyl (C=O) groups is 4. The van der Waals surface area contributed by atoms with Gasteiger partial charge in [-0.05, 0) is 80.7 Å². The molecule has 1 aliphatic carbocycles. The van der Waals surface area contributed by atoms with Crippen LogP contribution in [0.3, 0.4) is 0 Å². The molecule has 4 N–H and O–H groups in total. The topological polar surface area (TPSA) is 202 Å². The van der Waals surface area contributed by atoms with Crippen molar-refractivity contribution in [2.24, 2.45) is 11.8 Å². The number of ether oxygens (including phenoxy) is 3. The highest BCUT2D eigenvalue weighted by Gasteiger charge is 2.40. The summed E-state index contributed by atoms with van der Waals surface area (Å²) >= 11 is 1.62. The highest BCUT2D eigenvalue weighted by atomic mass is 32.1. The van der Waals surface area contributed by atoms with Crippen molar-refractivity contribution in [3.05, 3.63) is 82.3 Å². The number of H-pyrrole nitrogens is 2. The molecule has 2 aromatic carbocycles. The molecule has 3 fully saturated rings. The molecule has 1 unspecified atom stereocenters. The average molecular weight is 1080 g/mol. The molecule has 5 atom stereocenters. The fourth-order valence-electron chi connectivity index (χ4n) is 9.92. The van der Waals surface area contributed by atoms with Gasteiger partial charge < -0.3 is 44.6 Å². The Kier molecular flexibility index (Phi) is 17.7. The van der Waals surface area contributed by atoms with Gasteiger partial charge in [0.2, 0.25) is 18.0 Å². The highest BCUT2D eigenvalue weighted by molar-refractivity contribution is 7.59. The number of carbonyl (C=O) groups excluding carboxylic acids is 4. The number of hydrogen-bond donors (Lipinski definition) is 4. The van der Waals surface area contributed by atoms with Crippen LogP contribution in [0.1, 0.15) is 113 Å². The van der Waals surface area contributed by atoms with Gasteiger partial charge in [0.1, 0.15) is 41.0 Å². The average Bonchev–Trinajstić information content (AvgIpc) is 4.05. The number of aromatic nitrogens is 6. The first kappa shape index (κ1) is 55.9. The minimum absolute atomic E-state index is 0. The van der Waals surface area contributed by atoms with Crippen molar-refractivity contribution in [2.75, 3.05) is 27.3 Å². The van der Waals surface area contributed by atoms with E-state index in [2.05, 4.69) is 20.6 Å². The predicted molar refractivity (Wildman–Crippen MR) is 293 cm³/mol. The third-order valence-electron chi connectivity index (χ3n) is 13.6. The molecule has 0 spiro atoms. The Balaban J connectivity index is 0.00000212. The van der Waals surface area contributed by atoms with Crippen molar-refractivity contribution < 1.29 is 37.8 Å². The van der Waals surface area contributed by atoms with Crippen molar-refractivity contribution in [1.82, 2.24) is 49.9 Å². The number of amides is 4. The molecule has 1 saturated carbocycles. The second kappa shape index (κ2) is 22.8. The number of rotatable bonds is 12. The van der Waals surface area contributed by atoms with E-state index in [4.69, 9.17) is 29.2 Å². The van der Waals surface area contributed by atoms with Crippen LogP contribution in [0.2, 0.25) is 0 Å². The Hall–Kier alpha value is -5.36. The zero-order chi connectivity index (χ0) is 47.5. The lowest BCUT2D eigenvalue weighted by molar-refractivity contribution is -0.136. The lowest BCUT2D eigenvalue weighted by Gasteiger charge is -2.30. The Morgan fingerprint density at radius 3 is 1.85 bits per heavy atom. The van der Waals surface area contributed by atoms with Gasteiger partial charge >= 0.3 is 12.2 Å². The maximum absolute atomic E-state index is 16.9. The molecule has 6 aromatic rings. The van der Waals surface area contributed by atoms with Crippen LogP contribution in [-0.4, -0.2) is 103 Å². The molecule has 0 radical (unpaired) electrons. The number of thiazole rings is 1. The molecule has 0 bridgehead atoms. The van der Waals surface area contributed by atoms with E-state index in [1.165, 1.54) is 20.3 Å². The summed E-state index contributed by atoms with van der Waals surface area (Å²) in [7, 11) is 2.54. The van der Waals surface area contributed by atoms with Gasteiger partial charge in [-0.15, -0.1) is 11.3 Å². The number of nitrogens with zero attached hydrogens (tertiary/aromatic N) is 6. The summed E-state index contributed by atoms with van der Waals surface area (Å²) in [6.45, 7) is 8.56. The lowest BCUT2D eigenvalue weighted by atomic mass is 10.0. The fourth-order valence-corrected chi connectivity index (χ4v) is 10.9. The number of nitrogens with one attached hydrogen (secondary N) is 4. The largest absolute Gasteiger partial charge is 0.463 e. The standard InChI is InChI=1S/C49H55FN10O7S.4H2S/c1-24(2)40(56-48(63)65-5)45(61)58-15-7-9-35(58)42-51-21-31(53-42)27-13-14-34-29(17-27)19-37-39-30(50)18-28(20-38(39)67-47(60(34)37)33-23-68-44(55-33)26-11-12-26)32-22-52-43(54-32)36-10-8-16-59(36)46(62)41(25(3)4)57-49(64)66-6;;;;/h13-14,17-26,35-36,40-41,47H,7-12,15-16H2,1-6H3,(H,51,53)(H,52,54)(H,56,63)(H,57,64);4*1H2/t35-,36-,40-,41-,47?;;;;/m0..../s1. The molecule has 72 heavy (non-hydrogen) atoms. The first-order valence-corrected chi connectivity index (χ1v) is 24.2. The second-order valence-electron chi connectivity index (χ2n) is 18.8. The summed E-state index contributed by atoms with van der Waals surface area (Å²) in [5.41, 5.74) is 5.26. The van der Waals surface area contributed by atoms with E-state index >= 15 is 4.39 Å². The number of alkyl carbamates (subject to hydrolysis) is 2. The van der Waals surface area contributed by atoms with E-state index in [0.29, 0.717) is 65.3 Å². The molecule has 23 heteroatoms. The van der Waals surface area contributed by atoms with Crippen LogP contribution in [0.5, 0.6) is 5.75 Å². The molecular formula is C49H63FN10O7S5. The van der Waals surface area contributed by atoms with Gasteiger partial charge in [0, 0.05) is 40.9 Å². The van der Waals surface area contributed by atoms with E-state index in [-0.39, 0.29) is 89.7 Å².